The summed E-state index contributed by atoms with van der Waals surface area (Å²) in [4.78, 5) is 7.21. The number of hydrogen-bond acceptors (Lipinski definition) is 3. The normalized spacial score (nSPS) is 14.0. The Labute approximate surface area is 164 Å². The number of likely N-dealkylation sites (N-methyl/N-ethyl adjacent to an activating group) is 1. The quantitative estimate of drug-likeness (QED) is 0.572. The maximum absolute atomic E-state index is 6.25. The molecule has 0 aliphatic carbocycles. The van der Waals surface area contributed by atoms with Crippen LogP contribution in [0, 0.1) is 0 Å². The molecule has 6 heteroatoms. The zero-order valence-electron chi connectivity index (χ0n) is 13.7. The maximum Gasteiger partial charge on any atom is 0.0568 e. The second-order valence-electron chi connectivity index (χ2n) is 5.81. The predicted molar refractivity (Wildman–Crippen MR) is 109 cm³/mol. The molecule has 0 N–H and O–H groups in total. The molecule has 0 aromatic heterocycles. The molecule has 0 saturated heterocycles. The van der Waals surface area contributed by atoms with Crippen LogP contribution in [0.15, 0.2) is 52.3 Å². The Balaban J connectivity index is 0.00000208. The Morgan fingerprint density at radius 2 is 1.83 bits per heavy atom. The minimum atomic E-state index is 0. The van der Waals surface area contributed by atoms with Gasteiger partial charge in [-0.2, -0.15) is 0 Å². The van der Waals surface area contributed by atoms with Crippen molar-refractivity contribution in [3.8, 4) is 0 Å². The zero-order valence-corrected chi connectivity index (χ0v) is 16.9. The summed E-state index contributed by atoms with van der Waals surface area (Å²) < 4.78 is 0. The van der Waals surface area contributed by atoms with E-state index in [9.17, 15) is 0 Å². The summed E-state index contributed by atoms with van der Waals surface area (Å²) in [6.45, 7) is 4.02. The first-order valence-electron chi connectivity index (χ1n) is 7.70. The smallest absolute Gasteiger partial charge is 0.0568 e. The van der Waals surface area contributed by atoms with Crippen LogP contribution in [-0.2, 0) is 0 Å². The third kappa shape index (κ3) is 4.14. The van der Waals surface area contributed by atoms with E-state index in [2.05, 4.69) is 60.2 Å². The Morgan fingerprint density at radius 1 is 1.12 bits per heavy atom. The highest BCUT2D eigenvalue weighted by Gasteiger charge is 2.25. The Hall–Kier alpha value is -0.580. The lowest BCUT2D eigenvalue weighted by Gasteiger charge is -2.36. The highest BCUT2D eigenvalue weighted by atomic mass is 35.5. The van der Waals surface area contributed by atoms with Gasteiger partial charge in [0, 0.05) is 39.8 Å². The first kappa shape index (κ1) is 19.7. The summed E-state index contributed by atoms with van der Waals surface area (Å²) in [5.74, 6) is 0.649. The molecule has 1 aliphatic heterocycles. The summed E-state index contributed by atoms with van der Waals surface area (Å²) in [6.07, 6.45) is 0. The Morgan fingerprint density at radius 3 is 2.58 bits per heavy atom. The van der Waals surface area contributed by atoms with Crippen LogP contribution in [0.2, 0.25) is 5.02 Å². The van der Waals surface area contributed by atoms with E-state index in [-0.39, 0.29) is 12.4 Å². The lowest BCUT2D eigenvalue weighted by molar-refractivity contribution is 0.277. The summed E-state index contributed by atoms with van der Waals surface area (Å²) >= 11 is 13.9. The van der Waals surface area contributed by atoms with Crippen molar-refractivity contribution in [2.24, 2.45) is 0 Å². The van der Waals surface area contributed by atoms with Gasteiger partial charge in [0.15, 0.2) is 0 Å². The molecule has 1 atom stereocenters. The molecule has 24 heavy (non-hydrogen) atoms. The molecular formula is C18H21Cl3N2S. The van der Waals surface area contributed by atoms with Crippen molar-refractivity contribution < 1.29 is 0 Å². The fourth-order valence-corrected chi connectivity index (χ4v) is 4.27. The number of anilines is 2. The fourth-order valence-electron chi connectivity index (χ4n) is 2.76. The second-order valence-corrected chi connectivity index (χ2v) is 7.71. The van der Waals surface area contributed by atoms with Crippen molar-refractivity contribution in [1.82, 2.24) is 4.90 Å². The van der Waals surface area contributed by atoms with E-state index in [1.165, 1.54) is 21.2 Å². The van der Waals surface area contributed by atoms with Gasteiger partial charge in [-0.25, -0.2) is 0 Å². The number of halogens is 3. The molecule has 0 amide bonds. The largest absolute Gasteiger partial charge is 0.338 e. The van der Waals surface area contributed by atoms with Crippen LogP contribution in [0.3, 0.4) is 0 Å². The SMILES string of the molecule is CC(CN1c2ccccc2Sc2ccc(Cl)cc21)N(C)CCCl.Cl. The van der Waals surface area contributed by atoms with Crippen LogP contribution < -0.4 is 4.90 Å². The molecule has 2 aromatic carbocycles. The van der Waals surface area contributed by atoms with Crippen molar-refractivity contribution in [3.63, 3.8) is 0 Å². The van der Waals surface area contributed by atoms with Gasteiger partial charge >= 0.3 is 0 Å². The monoisotopic (exact) mass is 402 g/mol. The molecule has 1 aliphatic rings. The van der Waals surface area contributed by atoms with Crippen molar-refractivity contribution >= 4 is 58.7 Å². The molecule has 0 spiro atoms. The molecule has 130 valence electrons. The highest BCUT2D eigenvalue weighted by molar-refractivity contribution is 7.99. The third-order valence-corrected chi connectivity index (χ3v) is 5.76. The summed E-state index contributed by atoms with van der Waals surface area (Å²) in [5, 5.41) is 0.774. The summed E-state index contributed by atoms with van der Waals surface area (Å²) in [5.41, 5.74) is 2.44. The maximum atomic E-state index is 6.25. The van der Waals surface area contributed by atoms with Gasteiger partial charge in [0.2, 0.25) is 0 Å². The molecule has 0 fully saturated rings. The summed E-state index contributed by atoms with van der Waals surface area (Å²) in [6, 6.07) is 15.1. The summed E-state index contributed by atoms with van der Waals surface area (Å²) in [7, 11) is 2.12. The van der Waals surface area contributed by atoms with Crippen LogP contribution >= 0.6 is 47.4 Å². The van der Waals surface area contributed by atoms with E-state index in [1.54, 1.807) is 11.8 Å². The molecule has 0 radical (unpaired) electrons. The standard InChI is InChI=1S/C18H20Cl2N2S.ClH/c1-13(21(2)10-9-19)12-22-15-5-3-4-6-17(15)23-18-8-7-14(20)11-16(18)22;/h3-8,11,13H,9-10,12H2,1-2H3;1H. The molecule has 1 unspecified atom stereocenters. The molecule has 2 aromatic rings. The number of nitrogens with zero attached hydrogens (tertiary/aromatic N) is 2. The fraction of sp³-hybridized carbons (Fsp3) is 0.333. The average Bonchev–Trinajstić information content (AvgIpc) is 2.55. The van der Waals surface area contributed by atoms with Crippen LogP contribution in [-0.4, -0.2) is 37.0 Å². The number of hydrogen-bond donors (Lipinski definition) is 0. The van der Waals surface area contributed by atoms with Crippen molar-refractivity contribution in [1.29, 1.82) is 0 Å². The first-order valence-corrected chi connectivity index (χ1v) is 9.43. The number of para-hydroxylation sites is 1. The van der Waals surface area contributed by atoms with Gasteiger partial charge < -0.3 is 9.80 Å². The second kappa shape index (κ2) is 8.68. The van der Waals surface area contributed by atoms with E-state index in [4.69, 9.17) is 23.2 Å². The molecular weight excluding hydrogens is 383 g/mol. The topological polar surface area (TPSA) is 6.48 Å². The molecule has 1 heterocycles. The molecule has 3 rings (SSSR count). The van der Waals surface area contributed by atoms with E-state index < -0.39 is 0 Å². The van der Waals surface area contributed by atoms with Gasteiger partial charge in [-0.3, -0.25) is 0 Å². The van der Waals surface area contributed by atoms with Gasteiger partial charge in [0.05, 0.1) is 11.4 Å². The van der Waals surface area contributed by atoms with Crippen LogP contribution in [0.4, 0.5) is 11.4 Å². The average molecular weight is 404 g/mol. The molecule has 0 bridgehead atoms. The highest BCUT2D eigenvalue weighted by Crippen LogP contribution is 2.48. The van der Waals surface area contributed by atoms with E-state index in [0.717, 1.165) is 18.1 Å². The van der Waals surface area contributed by atoms with Crippen LogP contribution in [0.1, 0.15) is 6.92 Å². The van der Waals surface area contributed by atoms with Gasteiger partial charge in [-0.05, 0) is 44.3 Å². The van der Waals surface area contributed by atoms with Gasteiger partial charge in [-0.15, -0.1) is 24.0 Å². The lowest BCUT2D eigenvalue weighted by Crippen LogP contribution is -2.40. The number of benzene rings is 2. The minimum Gasteiger partial charge on any atom is -0.338 e. The minimum absolute atomic E-state index is 0. The van der Waals surface area contributed by atoms with E-state index >= 15 is 0 Å². The van der Waals surface area contributed by atoms with Gasteiger partial charge in [-0.1, -0.05) is 35.5 Å². The molecule has 2 nitrogen and oxygen atoms in total. The number of alkyl halides is 1. The van der Waals surface area contributed by atoms with Crippen molar-refractivity contribution in [2.75, 3.05) is 30.9 Å². The van der Waals surface area contributed by atoms with Gasteiger partial charge in [0.1, 0.15) is 0 Å². The number of fused-ring (bicyclic) bond motifs is 2. The lowest BCUT2D eigenvalue weighted by atomic mass is 10.2. The Bertz CT molecular complexity index is 696. The zero-order chi connectivity index (χ0) is 16.4. The van der Waals surface area contributed by atoms with Gasteiger partial charge in [0.25, 0.3) is 0 Å². The van der Waals surface area contributed by atoms with E-state index in [1.807, 2.05) is 6.07 Å². The van der Waals surface area contributed by atoms with Crippen molar-refractivity contribution in [3.05, 3.63) is 47.5 Å². The first-order chi connectivity index (χ1) is 11.1. The van der Waals surface area contributed by atoms with Crippen LogP contribution in [0.25, 0.3) is 0 Å². The van der Waals surface area contributed by atoms with Crippen LogP contribution in [0.5, 0.6) is 0 Å². The van der Waals surface area contributed by atoms with Crippen molar-refractivity contribution in [2.45, 2.75) is 22.8 Å². The third-order valence-electron chi connectivity index (χ3n) is 4.22. The Kier molecular flexibility index (Phi) is 7.14. The number of rotatable bonds is 5. The predicted octanol–water partition coefficient (Wildman–Crippen LogP) is 5.92. The van der Waals surface area contributed by atoms with E-state index in [0.29, 0.717) is 11.9 Å². The molecule has 0 saturated carbocycles.